The molecule has 0 saturated carbocycles. The molecule has 92 valence electrons. The molecule has 0 amide bonds. The number of benzene rings is 1. The Morgan fingerprint density at radius 1 is 1.19 bits per heavy atom. The first-order valence-corrected chi connectivity index (χ1v) is 5.71. The summed E-state index contributed by atoms with van der Waals surface area (Å²) in [4.78, 5) is 0. The third-order valence-electron chi connectivity index (χ3n) is 1.97. The molecule has 1 unspecified atom stereocenters. The van der Waals surface area contributed by atoms with E-state index >= 15 is 0 Å². The molecule has 0 aliphatic rings. The van der Waals surface area contributed by atoms with Crippen LogP contribution < -0.4 is 9.47 Å². The van der Waals surface area contributed by atoms with Crippen molar-refractivity contribution in [2.45, 2.75) is 33.3 Å². The maximum atomic E-state index is 9.32. The van der Waals surface area contributed by atoms with Crippen LogP contribution in [0.15, 0.2) is 24.3 Å². The second kappa shape index (κ2) is 9.04. The van der Waals surface area contributed by atoms with E-state index in [9.17, 15) is 5.11 Å². The molecule has 0 spiro atoms. The largest absolute Gasteiger partial charge is 0.493 e. The van der Waals surface area contributed by atoms with Crippen molar-refractivity contribution in [3.05, 3.63) is 24.3 Å². The summed E-state index contributed by atoms with van der Waals surface area (Å²) in [7, 11) is 1.60. The van der Waals surface area contributed by atoms with E-state index in [1.54, 1.807) is 7.11 Å². The predicted molar refractivity (Wildman–Crippen MR) is 66.1 cm³/mol. The standard InChI is InChI=1S/C11H16O3.C2H6/c1-3-9(12)8-14-11-7-5-4-6-10(11)13-2;1-2/h4-7,9,12H,3,8H2,1-2H3;1-2H3. The predicted octanol–water partition coefficient (Wildman–Crippen LogP) is 2.87. The lowest BCUT2D eigenvalue weighted by Gasteiger charge is -2.12. The molecule has 3 nitrogen and oxygen atoms in total. The van der Waals surface area contributed by atoms with Crippen LogP contribution in [0.2, 0.25) is 0 Å². The lowest BCUT2D eigenvalue weighted by Crippen LogP contribution is -2.16. The van der Waals surface area contributed by atoms with Gasteiger partial charge < -0.3 is 14.6 Å². The third kappa shape index (κ3) is 5.03. The fourth-order valence-corrected chi connectivity index (χ4v) is 1.04. The third-order valence-corrected chi connectivity index (χ3v) is 1.97. The summed E-state index contributed by atoms with van der Waals surface area (Å²) in [5.74, 6) is 1.36. The van der Waals surface area contributed by atoms with Crippen molar-refractivity contribution in [1.82, 2.24) is 0 Å². The minimum absolute atomic E-state index is 0.302. The van der Waals surface area contributed by atoms with Gasteiger partial charge in [0, 0.05) is 0 Å². The van der Waals surface area contributed by atoms with Gasteiger partial charge in [-0.1, -0.05) is 32.9 Å². The second-order valence-corrected chi connectivity index (χ2v) is 3.02. The molecule has 0 aliphatic heterocycles. The zero-order valence-corrected chi connectivity index (χ0v) is 10.6. The van der Waals surface area contributed by atoms with E-state index in [1.807, 2.05) is 45.0 Å². The van der Waals surface area contributed by atoms with Crippen LogP contribution in [0.5, 0.6) is 11.5 Å². The van der Waals surface area contributed by atoms with E-state index in [0.29, 0.717) is 24.5 Å². The van der Waals surface area contributed by atoms with Crippen LogP contribution >= 0.6 is 0 Å². The van der Waals surface area contributed by atoms with E-state index in [0.717, 1.165) is 0 Å². The number of aliphatic hydroxyl groups is 1. The summed E-state index contributed by atoms with van der Waals surface area (Å²) >= 11 is 0. The summed E-state index contributed by atoms with van der Waals surface area (Å²) in [6.07, 6.45) is 0.273. The first kappa shape index (κ1) is 14.8. The van der Waals surface area contributed by atoms with Gasteiger partial charge in [0.25, 0.3) is 0 Å². The molecule has 0 heterocycles. The molecule has 1 atom stereocenters. The van der Waals surface area contributed by atoms with Gasteiger partial charge in [-0.05, 0) is 18.6 Å². The topological polar surface area (TPSA) is 38.7 Å². The first-order chi connectivity index (χ1) is 7.77. The number of methoxy groups -OCH3 is 1. The first-order valence-electron chi connectivity index (χ1n) is 5.71. The SMILES string of the molecule is CC.CCC(O)COc1ccccc1OC. The summed E-state index contributed by atoms with van der Waals surface area (Å²) < 4.78 is 10.5. The second-order valence-electron chi connectivity index (χ2n) is 3.02. The monoisotopic (exact) mass is 226 g/mol. The highest BCUT2D eigenvalue weighted by molar-refractivity contribution is 5.39. The molecule has 1 aromatic carbocycles. The van der Waals surface area contributed by atoms with Gasteiger partial charge >= 0.3 is 0 Å². The lowest BCUT2D eigenvalue weighted by atomic mass is 10.3. The van der Waals surface area contributed by atoms with Crippen molar-refractivity contribution < 1.29 is 14.6 Å². The van der Waals surface area contributed by atoms with E-state index in [1.165, 1.54) is 0 Å². The Morgan fingerprint density at radius 3 is 2.25 bits per heavy atom. The molecule has 16 heavy (non-hydrogen) atoms. The van der Waals surface area contributed by atoms with Crippen LogP contribution in [0, 0.1) is 0 Å². The maximum absolute atomic E-state index is 9.32. The van der Waals surface area contributed by atoms with Gasteiger partial charge in [0.15, 0.2) is 11.5 Å². The molecule has 0 aliphatic carbocycles. The molecular weight excluding hydrogens is 204 g/mol. The van der Waals surface area contributed by atoms with Crippen LogP contribution in [0.25, 0.3) is 0 Å². The van der Waals surface area contributed by atoms with E-state index in [2.05, 4.69) is 0 Å². The molecule has 0 fully saturated rings. The summed E-state index contributed by atoms with van der Waals surface area (Å²) in [6.45, 7) is 6.22. The Hall–Kier alpha value is -1.22. The molecule has 1 N–H and O–H groups in total. The smallest absolute Gasteiger partial charge is 0.161 e. The number of ether oxygens (including phenoxy) is 2. The Balaban J connectivity index is 0.00000106. The Labute approximate surface area is 98.0 Å². The van der Waals surface area contributed by atoms with Crippen LogP contribution in [0.1, 0.15) is 27.2 Å². The van der Waals surface area contributed by atoms with E-state index < -0.39 is 6.10 Å². The van der Waals surface area contributed by atoms with Crippen LogP contribution in [0.4, 0.5) is 0 Å². The molecule has 0 bridgehead atoms. The number of rotatable bonds is 5. The zero-order chi connectivity index (χ0) is 12.4. The van der Waals surface area contributed by atoms with Gasteiger partial charge in [0.1, 0.15) is 6.61 Å². The van der Waals surface area contributed by atoms with Crippen molar-refractivity contribution in [2.24, 2.45) is 0 Å². The van der Waals surface area contributed by atoms with E-state index in [4.69, 9.17) is 9.47 Å². The highest BCUT2D eigenvalue weighted by atomic mass is 16.5. The zero-order valence-electron chi connectivity index (χ0n) is 10.6. The van der Waals surface area contributed by atoms with Crippen molar-refractivity contribution >= 4 is 0 Å². The molecular formula is C13H22O3. The summed E-state index contributed by atoms with van der Waals surface area (Å²) in [5.41, 5.74) is 0. The highest BCUT2D eigenvalue weighted by Crippen LogP contribution is 2.25. The van der Waals surface area contributed by atoms with Gasteiger partial charge in [0.05, 0.1) is 13.2 Å². The van der Waals surface area contributed by atoms with Gasteiger partial charge in [0.2, 0.25) is 0 Å². The van der Waals surface area contributed by atoms with Gasteiger partial charge in [-0.25, -0.2) is 0 Å². The molecule has 1 aromatic rings. The molecule has 1 rings (SSSR count). The fourth-order valence-electron chi connectivity index (χ4n) is 1.04. The molecule has 3 heteroatoms. The van der Waals surface area contributed by atoms with Crippen molar-refractivity contribution in [3.8, 4) is 11.5 Å². The Morgan fingerprint density at radius 2 is 1.75 bits per heavy atom. The van der Waals surface area contributed by atoms with E-state index in [-0.39, 0.29) is 0 Å². The lowest BCUT2D eigenvalue weighted by molar-refractivity contribution is 0.102. The highest BCUT2D eigenvalue weighted by Gasteiger charge is 2.05. The molecule has 0 radical (unpaired) electrons. The Kier molecular flexibility index (Phi) is 8.35. The quantitative estimate of drug-likeness (QED) is 0.839. The van der Waals surface area contributed by atoms with Gasteiger partial charge in [-0.2, -0.15) is 0 Å². The maximum Gasteiger partial charge on any atom is 0.161 e. The summed E-state index contributed by atoms with van der Waals surface area (Å²) in [5, 5.41) is 9.32. The van der Waals surface area contributed by atoms with Crippen LogP contribution in [-0.2, 0) is 0 Å². The average molecular weight is 226 g/mol. The normalized spacial score (nSPS) is 11.1. The van der Waals surface area contributed by atoms with Crippen molar-refractivity contribution in [2.75, 3.05) is 13.7 Å². The number of hydrogen-bond donors (Lipinski definition) is 1. The Bertz CT molecular complexity index is 274. The average Bonchev–Trinajstić information content (AvgIpc) is 2.38. The molecule has 0 aromatic heterocycles. The minimum atomic E-state index is -0.417. The number of aliphatic hydroxyl groups excluding tert-OH is 1. The fraction of sp³-hybridized carbons (Fsp3) is 0.538. The number of para-hydroxylation sites is 2. The van der Waals surface area contributed by atoms with Gasteiger partial charge in [-0.15, -0.1) is 0 Å². The van der Waals surface area contributed by atoms with Gasteiger partial charge in [-0.3, -0.25) is 0 Å². The van der Waals surface area contributed by atoms with Crippen LogP contribution in [-0.4, -0.2) is 24.9 Å². The summed E-state index contributed by atoms with van der Waals surface area (Å²) in [6, 6.07) is 7.40. The van der Waals surface area contributed by atoms with Crippen molar-refractivity contribution in [1.29, 1.82) is 0 Å². The number of hydrogen-bond acceptors (Lipinski definition) is 3. The molecule has 0 saturated heterocycles. The van der Waals surface area contributed by atoms with Crippen molar-refractivity contribution in [3.63, 3.8) is 0 Å². The minimum Gasteiger partial charge on any atom is -0.493 e. The van der Waals surface area contributed by atoms with Crippen LogP contribution in [0.3, 0.4) is 0 Å².